The van der Waals surface area contributed by atoms with Crippen LogP contribution in [0.5, 0.6) is 5.88 Å². The molecule has 6 nitrogen and oxygen atoms in total. The number of fused-ring (bicyclic) bond motifs is 1. The monoisotopic (exact) mass is 323 g/mol. The number of ether oxygens (including phenoxy) is 1. The lowest BCUT2D eigenvalue weighted by molar-refractivity contribution is 0.198. The van der Waals surface area contributed by atoms with Gasteiger partial charge < -0.3 is 14.5 Å². The van der Waals surface area contributed by atoms with E-state index in [1.165, 1.54) is 17.6 Å². The Hall–Kier alpha value is -2.12. The number of amides is 1. The lowest BCUT2D eigenvalue weighted by atomic mass is 10.3. The van der Waals surface area contributed by atoms with Gasteiger partial charge in [0.2, 0.25) is 11.2 Å². The molecule has 0 aromatic carbocycles. The highest BCUT2D eigenvalue weighted by molar-refractivity contribution is 7.17. The lowest BCUT2D eigenvalue weighted by Crippen LogP contribution is -2.26. The third-order valence-electron chi connectivity index (χ3n) is 2.71. The quantitative estimate of drug-likeness (QED) is 0.746. The Morgan fingerprint density at radius 2 is 2.38 bits per heavy atom. The lowest BCUT2D eigenvalue weighted by Gasteiger charge is -2.05. The number of nitrogens with zero attached hydrogens (tertiary/aromatic N) is 2. The van der Waals surface area contributed by atoms with Crippen LogP contribution in [0.4, 0.5) is 4.79 Å². The van der Waals surface area contributed by atoms with E-state index in [4.69, 9.17) is 20.8 Å². The van der Waals surface area contributed by atoms with Crippen molar-refractivity contribution < 1.29 is 13.9 Å². The molecule has 0 aliphatic heterocycles. The van der Waals surface area contributed by atoms with Gasteiger partial charge in [0, 0.05) is 0 Å². The fourth-order valence-corrected chi connectivity index (χ4v) is 2.82. The van der Waals surface area contributed by atoms with E-state index < -0.39 is 6.09 Å². The van der Waals surface area contributed by atoms with E-state index in [-0.39, 0.29) is 17.7 Å². The molecule has 108 valence electrons. The fraction of sp³-hybridized carbons (Fsp3) is 0.154. The SMILES string of the molecule is Cc1csc2c(OC(=O)NCc3ccco3)nc(Cl)nc12. The number of hydrogen-bond donors (Lipinski definition) is 1. The van der Waals surface area contributed by atoms with Crippen LogP contribution in [0, 0.1) is 6.92 Å². The molecule has 0 spiro atoms. The molecule has 0 atom stereocenters. The zero-order valence-electron chi connectivity index (χ0n) is 10.9. The van der Waals surface area contributed by atoms with Crippen LogP contribution in [0.25, 0.3) is 10.2 Å². The molecule has 3 heterocycles. The predicted molar refractivity (Wildman–Crippen MR) is 78.7 cm³/mol. The Kier molecular flexibility index (Phi) is 3.76. The fourth-order valence-electron chi connectivity index (χ4n) is 1.75. The molecule has 0 aliphatic carbocycles. The molecule has 3 aromatic rings. The van der Waals surface area contributed by atoms with Gasteiger partial charge in [-0.3, -0.25) is 0 Å². The zero-order chi connectivity index (χ0) is 14.8. The molecule has 1 N–H and O–H groups in total. The predicted octanol–water partition coefficient (Wildman–Crippen LogP) is 3.53. The first-order chi connectivity index (χ1) is 10.1. The molecular weight excluding hydrogens is 314 g/mol. The van der Waals surface area contributed by atoms with Gasteiger partial charge >= 0.3 is 6.09 Å². The minimum atomic E-state index is -0.631. The molecule has 0 bridgehead atoms. The third kappa shape index (κ3) is 2.98. The Bertz CT molecular complexity index is 785. The number of thiophene rings is 1. The largest absolute Gasteiger partial charge is 0.467 e. The summed E-state index contributed by atoms with van der Waals surface area (Å²) in [6.45, 7) is 2.14. The van der Waals surface area contributed by atoms with Crippen molar-refractivity contribution in [3.63, 3.8) is 0 Å². The normalized spacial score (nSPS) is 10.8. The van der Waals surface area contributed by atoms with Gasteiger partial charge in [0.1, 0.15) is 10.5 Å². The van der Waals surface area contributed by atoms with Crippen LogP contribution in [-0.4, -0.2) is 16.1 Å². The molecule has 0 saturated carbocycles. The van der Waals surface area contributed by atoms with Gasteiger partial charge in [0.25, 0.3) is 0 Å². The van der Waals surface area contributed by atoms with Crippen LogP contribution < -0.4 is 10.1 Å². The Morgan fingerprint density at radius 3 is 3.14 bits per heavy atom. The number of carbonyl (C=O) groups excluding carboxylic acids is 1. The first kappa shape index (κ1) is 13.8. The van der Waals surface area contributed by atoms with Gasteiger partial charge in [-0.2, -0.15) is 4.98 Å². The van der Waals surface area contributed by atoms with E-state index in [0.717, 1.165) is 5.56 Å². The van der Waals surface area contributed by atoms with Crippen molar-refractivity contribution in [3.05, 3.63) is 40.4 Å². The van der Waals surface area contributed by atoms with Crippen molar-refractivity contribution in [2.24, 2.45) is 0 Å². The summed E-state index contributed by atoms with van der Waals surface area (Å²) in [4.78, 5) is 19.9. The molecule has 0 aliphatic rings. The van der Waals surface area contributed by atoms with E-state index in [9.17, 15) is 4.79 Å². The summed E-state index contributed by atoms with van der Waals surface area (Å²) in [6, 6.07) is 3.49. The van der Waals surface area contributed by atoms with Crippen LogP contribution >= 0.6 is 22.9 Å². The molecule has 8 heteroatoms. The summed E-state index contributed by atoms with van der Waals surface area (Å²) in [5.74, 6) is 0.782. The number of furan rings is 1. The number of aryl methyl sites for hydroxylation is 1. The number of nitrogens with one attached hydrogen (secondary N) is 1. The van der Waals surface area contributed by atoms with Crippen molar-refractivity contribution in [2.45, 2.75) is 13.5 Å². The first-order valence-corrected chi connectivity index (χ1v) is 7.28. The molecule has 0 saturated heterocycles. The molecule has 0 fully saturated rings. The van der Waals surface area contributed by atoms with E-state index in [2.05, 4.69) is 15.3 Å². The van der Waals surface area contributed by atoms with E-state index in [1.54, 1.807) is 12.1 Å². The van der Waals surface area contributed by atoms with Gasteiger partial charge in [0.15, 0.2) is 0 Å². The minimum Gasteiger partial charge on any atom is -0.467 e. The summed E-state index contributed by atoms with van der Waals surface area (Å²) in [6.07, 6.45) is 0.901. The molecule has 21 heavy (non-hydrogen) atoms. The van der Waals surface area contributed by atoms with E-state index >= 15 is 0 Å². The number of halogens is 1. The number of carbonyl (C=O) groups is 1. The zero-order valence-corrected chi connectivity index (χ0v) is 12.5. The maximum atomic E-state index is 11.8. The van der Waals surface area contributed by atoms with Crippen LogP contribution in [-0.2, 0) is 6.54 Å². The van der Waals surface area contributed by atoms with Crippen LogP contribution in [0.3, 0.4) is 0 Å². The van der Waals surface area contributed by atoms with Crippen LogP contribution in [0.1, 0.15) is 11.3 Å². The summed E-state index contributed by atoms with van der Waals surface area (Å²) in [5, 5.41) is 4.52. The molecule has 0 radical (unpaired) electrons. The second-order valence-corrected chi connectivity index (χ2v) is 5.43. The summed E-state index contributed by atoms with van der Waals surface area (Å²) < 4.78 is 11.0. The molecule has 3 rings (SSSR count). The van der Waals surface area contributed by atoms with Crippen molar-refractivity contribution in [3.8, 4) is 5.88 Å². The number of rotatable bonds is 3. The van der Waals surface area contributed by atoms with Crippen molar-refractivity contribution in [1.82, 2.24) is 15.3 Å². The number of hydrogen-bond acceptors (Lipinski definition) is 6. The van der Waals surface area contributed by atoms with Crippen molar-refractivity contribution in [1.29, 1.82) is 0 Å². The van der Waals surface area contributed by atoms with E-state index in [1.807, 2.05) is 12.3 Å². The molecule has 0 unspecified atom stereocenters. The Labute approximate surface area is 128 Å². The minimum absolute atomic E-state index is 0.0397. The van der Waals surface area contributed by atoms with Crippen molar-refractivity contribution >= 4 is 39.2 Å². The highest BCUT2D eigenvalue weighted by atomic mass is 35.5. The van der Waals surface area contributed by atoms with Crippen LogP contribution in [0.15, 0.2) is 28.2 Å². The molecule has 3 aromatic heterocycles. The maximum Gasteiger partial charge on any atom is 0.414 e. The molecule has 1 amide bonds. The highest BCUT2D eigenvalue weighted by Gasteiger charge is 2.15. The van der Waals surface area contributed by atoms with Gasteiger partial charge in [0.05, 0.1) is 18.3 Å². The van der Waals surface area contributed by atoms with E-state index in [0.29, 0.717) is 16.0 Å². The molecular formula is C13H10ClN3O3S. The van der Waals surface area contributed by atoms with Gasteiger partial charge in [-0.05, 0) is 41.6 Å². The van der Waals surface area contributed by atoms with Crippen molar-refractivity contribution in [2.75, 3.05) is 0 Å². The highest BCUT2D eigenvalue weighted by Crippen LogP contribution is 2.31. The van der Waals surface area contributed by atoms with Gasteiger partial charge in [-0.25, -0.2) is 9.78 Å². The standard InChI is InChI=1S/C13H10ClN3O3S/c1-7-6-21-10-9(7)16-12(14)17-11(10)20-13(18)15-5-8-3-2-4-19-8/h2-4,6H,5H2,1H3,(H,15,18). The smallest absolute Gasteiger partial charge is 0.414 e. The summed E-state index contributed by atoms with van der Waals surface area (Å²) in [5.41, 5.74) is 1.65. The Morgan fingerprint density at radius 1 is 1.52 bits per heavy atom. The second kappa shape index (κ2) is 5.71. The van der Waals surface area contributed by atoms with Gasteiger partial charge in [-0.1, -0.05) is 0 Å². The van der Waals surface area contributed by atoms with Crippen LogP contribution in [0.2, 0.25) is 5.28 Å². The van der Waals surface area contributed by atoms with Gasteiger partial charge in [-0.15, -0.1) is 11.3 Å². The average molecular weight is 324 g/mol. The Balaban J connectivity index is 1.76. The maximum absolute atomic E-state index is 11.8. The topological polar surface area (TPSA) is 77.2 Å². The number of aromatic nitrogens is 2. The summed E-state index contributed by atoms with van der Waals surface area (Å²) in [7, 11) is 0. The first-order valence-electron chi connectivity index (χ1n) is 6.03. The second-order valence-electron chi connectivity index (χ2n) is 4.22. The summed E-state index contributed by atoms with van der Waals surface area (Å²) >= 11 is 7.25. The average Bonchev–Trinajstić information content (AvgIpc) is 3.07. The third-order valence-corrected chi connectivity index (χ3v) is 3.95.